The SMILES string of the molecule is COc1cccc(C(=O)NN)c1OCc1ccccc1C. The van der Waals surface area contributed by atoms with E-state index in [0.717, 1.165) is 11.1 Å². The third kappa shape index (κ3) is 3.32. The minimum absolute atomic E-state index is 0.338. The molecule has 5 heteroatoms. The van der Waals surface area contributed by atoms with Gasteiger partial charge in [0.1, 0.15) is 6.61 Å². The summed E-state index contributed by atoms with van der Waals surface area (Å²) >= 11 is 0. The van der Waals surface area contributed by atoms with Crippen molar-refractivity contribution >= 4 is 5.91 Å². The smallest absolute Gasteiger partial charge is 0.269 e. The van der Waals surface area contributed by atoms with Crippen molar-refractivity contribution in [1.29, 1.82) is 0 Å². The number of para-hydroxylation sites is 1. The molecule has 21 heavy (non-hydrogen) atoms. The molecule has 0 saturated heterocycles. The summed E-state index contributed by atoms with van der Waals surface area (Å²) in [6.07, 6.45) is 0. The number of benzene rings is 2. The van der Waals surface area contributed by atoms with E-state index in [1.165, 1.54) is 7.11 Å². The molecule has 0 fully saturated rings. The molecule has 0 aliphatic heterocycles. The van der Waals surface area contributed by atoms with Crippen molar-refractivity contribution in [3.05, 3.63) is 59.2 Å². The Morgan fingerprint density at radius 2 is 1.95 bits per heavy atom. The van der Waals surface area contributed by atoms with Crippen LogP contribution in [-0.2, 0) is 6.61 Å². The van der Waals surface area contributed by atoms with Crippen LogP contribution >= 0.6 is 0 Å². The predicted octanol–water partition coefficient (Wildman–Crippen LogP) is 2.19. The monoisotopic (exact) mass is 286 g/mol. The van der Waals surface area contributed by atoms with Crippen LogP contribution in [0.25, 0.3) is 0 Å². The number of hydrogen-bond donors (Lipinski definition) is 2. The van der Waals surface area contributed by atoms with Crippen LogP contribution < -0.4 is 20.7 Å². The van der Waals surface area contributed by atoms with Gasteiger partial charge in [-0.2, -0.15) is 0 Å². The van der Waals surface area contributed by atoms with Crippen molar-refractivity contribution in [2.24, 2.45) is 5.84 Å². The van der Waals surface area contributed by atoms with Gasteiger partial charge < -0.3 is 9.47 Å². The van der Waals surface area contributed by atoms with Crippen LogP contribution in [-0.4, -0.2) is 13.0 Å². The normalized spacial score (nSPS) is 10.0. The van der Waals surface area contributed by atoms with E-state index in [1.54, 1.807) is 18.2 Å². The van der Waals surface area contributed by atoms with Crippen LogP contribution in [0.1, 0.15) is 21.5 Å². The minimum atomic E-state index is -0.423. The highest BCUT2D eigenvalue weighted by Crippen LogP contribution is 2.31. The summed E-state index contributed by atoms with van der Waals surface area (Å²) in [4.78, 5) is 11.8. The Kier molecular flexibility index (Phi) is 4.79. The second-order valence-corrected chi connectivity index (χ2v) is 4.53. The zero-order valence-corrected chi connectivity index (χ0v) is 12.1. The summed E-state index contributed by atoms with van der Waals surface area (Å²) in [5, 5.41) is 0. The van der Waals surface area contributed by atoms with E-state index in [1.807, 2.05) is 31.2 Å². The molecule has 0 saturated carbocycles. The number of nitrogen functional groups attached to an aromatic ring is 1. The molecule has 0 spiro atoms. The first-order valence-corrected chi connectivity index (χ1v) is 6.52. The molecule has 0 heterocycles. The Labute approximate surface area is 123 Å². The van der Waals surface area contributed by atoms with E-state index in [0.29, 0.717) is 23.7 Å². The number of nitrogens with one attached hydrogen (secondary N) is 1. The fraction of sp³-hybridized carbons (Fsp3) is 0.188. The van der Waals surface area contributed by atoms with E-state index in [-0.39, 0.29) is 0 Å². The fourth-order valence-electron chi connectivity index (χ4n) is 2.00. The summed E-state index contributed by atoms with van der Waals surface area (Å²) in [5.41, 5.74) is 4.61. The molecule has 0 atom stereocenters. The summed E-state index contributed by atoms with van der Waals surface area (Å²) in [7, 11) is 1.53. The van der Waals surface area contributed by atoms with E-state index in [9.17, 15) is 4.79 Å². The number of amides is 1. The second kappa shape index (κ2) is 6.76. The summed E-state index contributed by atoms with van der Waals surface area (Å²) in [5.74, 6) is 5.65. The number of aryl methyl sites for hydroxylation is 1. The topological polar surface area (TPSA) is 73.6 Å². The summed E-state index contributed by atoms with van der Waals surface area (Å²) < 4.78 is 11.1. The number of methoxy groups -OCH3 is 1. The van der Waals surface area contributed by atoms with Gasteiger partial charge in [-0.25, -0.2) is 5.84 Å². The molecule has 3 N–H and O–H groups in total. The van der Waals surface area contributed by atoms with Gasteiger partial charge in [0.25, 0.3) is 5.91 Å². The Morgan fingerprint density at radius 3 is 2.62 bits per heavy atom. The molecule has 0 aliphatic rings. The molecule has 0 radical (unpaired) electrons. The number of rotatable bonds is 5. The largest absolute Gasteiger partial charge is 0.493 e. The zero-order valence-electron chi connectivity index (χ0n) is 12.1. The van der Waals surface area contributed by atoms with Crippen molar-refractivity contribution < 1.29 is 14.3 Å². The molecule has 2 rings (SSSR count). The molecular weight excluding hydrogens is 268 g/mol. The molecule has 2 aromatic carbocycles. The number of nitrogens with two attached hydrogens (primary N) is 1. The minimum Gasteiger partial charge on any atom is -0.493 e. The average molecular weight is 286 g/mol. The molecular formula is C16H18N2O3. The Balaban J connectivity index is 2.30. The van der Waals surface area contributed by atoms with Gasteiger partial charge >= 0.3 is 0 Å². The van der Waals surface area contributed by atoms with Gasteiger partial charge in [-0.05, 0) is 30.2 Å². The number of hydrazine groups is 1. The lowest BCUT2D eigenvalue weighted by Crippen LogP contribution is -2.30. The first kappa shape index (κ1) is 14.9. The fourth-order valence-corrected chi connectivity index (χ4v) is 2.00. The number of ether oxygens (including phenoxy) is 2. The van der Waals surface area contributed by atoms with Crippen LogP contribution in [0.3, 0.4) is 0 Å². The Bertz CT molecular complexity index is 641. The molecule has 0 bridgehead atoms. The summed E-state index contributed by atoms with van der Waals surface area (Å²) in [6.45, 7) is 2.35. The van der Waals surface area contributed by atoms with Gasteiger partial charge in [-0.3, -0.25) is 10.2 Å². The maximum absolute atomic E-state index is 11.8. The standard InChI is InChI=1S/C16H18N2O3/c1-11-6-3-4-7-12(11)10-21-15-13(16(19)18-17)8-5-9-14(15)20-2/h3-9H,10,17H2,1-2H3,(H,18,19). The Hall–Kier alpha value is -2.53. The lowest BCUT2D eigenvalue weighted by Gasteiger charge is -2.15. The molecule has 5 nitrogen and oxygen atoms in total. The highest BCUT2D eigenvalue weighted by atomic mass is 16.5. The van der Waals surface area contributed by atoms with Crippen LogP contribution in [0.15, 0.2) is 42.5 Å². The van der Waals surface area contributed by atoms with E-state index in [4.69, 9.17) is 15.3 Å². The molecule has 0 aliphatic carbocycles. The average Bonchev–Trinajstić information content (AvgIpc) is 2.53. The molecule has 1 amide bonds. The zero-order chi connectivity index (χ0) is 15.2. The lowest BCUT2D eigenvalue weighted by molar-refractivity contribution is 0.0948. The number of carbonyl (C=O) groups excluding carboxylic acids is 1. The van der Waals surface area contributed by atoms with E-state index >= 15 is 0 Å². The van der Waals surface area contributed by atoms with Crippen LogP contribution in [0.4, 0.5) is 0 Å². The van der Waals surface area contributed by atoms with Gasteiger partial charge in [-0.1, -0.05) is 30.3 Å². The van der Waals surface area contributed by atoms with Crippen LogP contribution in [0.2, 0.25) is 0 Å². The molecule has 0 unspecified atom stereocenters. The maximum Gasteiger partial charge on any atom is 0.269 e. The highest BCUT2D eigenvalue weighted by Gasteiger charge is 2.16. The van der Waals surface area contributed by atoms with Gasteiger partial charge in [0.05, 0.1) is 12.7 Å². The molecule has 0 aromatic heterocycles. The number of hydrogen-bond acceptors (Lipinski definition) is 4. The van der Waals surface area contributed by atoms with Gasteiger partial charge in [0.15, 0.2) is 11.5 Å². The lowest BCUT2D eigenvalue weighted by atomic mass is 10.1. The molecule has 110 valence electrons. The number of carbonyl (C=O) groups is 1. The van der Waals surface area contributed by atoms with E-state index in [2.05, 4.69) is 5.43 Å². The van der Waals surface area contributed by atoms with Crippen molar-refractivity contribution in [3.63, 3.8) is 0 Å². The predicted molar refractivity (Wildman–Crippen MR) is 80.2 cm³/mol. The maximum atomic E-state index is 11.8. The first-order valence-electron chi connectivity index (χ1n) is 6.52. The quantitative estimate of drug-likeness (QED) is 0.502. The van der Waals surface area contributed by atoms with Gasteiger partial charge in [-0.15, -0.1) is 0 Å². The van der Waals surface area contributed by atoms with Crippen LogP contribution in [0.5, 0.6) is 11.5 Å². The van der Waals surface area contributed by atoms with Crippen molar-refractivity contribution in [3.8, 4) is 11.5 Å². The second-order valence-electron chi connectivity index (χ2n) is 4.53. The van der Waals surface area contributed by atoms with Gasteiger partial charge in [0.2, 0.25) is 0 Å². The third-order valence-corrected chi connectivity index (χ3v) is 3.21. The van der Waals surface area contributed by atoms with Crippen molar-refractivity contribution in [1.82, 2.24) is 5.43 Å². The summed E-state index contributed by atoms with van der Waals surface area (Å²) in [6, 6.07) is 13.0. The van der Waals surface area contributed by atoms with Crippen LogP contribution in [0, 0.1) is 6.92 Å². The first-order chi connectivity index (χ1) is 10.2. The van der Waals surface area contributed by atoms with Crippen molar-refractivity contribution in [2.45, 2.75) is 13.5 Å². The van der Waals surface area contributed by atoms with Crippen molar-refractivity contribution in [2.75, 3.05) is 7.11 Å². The molecule has 2 aromatic rings. The Morgan fingerprint density at radius 1 is 1.19 bits per heavy atom. The van der Waals surface area contributed by atoms with Gasteiger partial charge in [0, 0.05) is 0 Å². The highest BCUT2D eigenvalue weighted by molar-refractivity contribution is 5.97. The third-order valence-electron chi connectivity index (χ3n) is 3.21. The van der Waals surface area contributed by atoms with E-state index < -0.39 is 5.91 Å².